The first kappa shape index (κ1) is 15.9. The zero-order valence-electron chi connectivity index (χ0n) is 12.2. The molecule has 1 aromatic rings. The average molecular weight is 342 g/mol. The zero-order chi connectivity index (χ0) is 14.7. The maximum atomic E-state index is 10.0. The van der Waals surface area contributed by atoms with Gasteiger partial charge in [-0.1, -0.05) is 34.1 Å². The molecule has 1 aromatic carbocycles. The Morgan fingerprint density at radius 2 is 2.15 bits per heavy atom. The minimum absolute atomic E-state index is 0.146. The molecule has 4 nitrogen and oxygen atoms in total. The molecule has 1 aliphatic heterocycles. The SMILES string of the molecule is CN(C)CC1CC(O)CN1C(CN)c1ccccc1Br. The molecule has 0 amide bonds. The Kier molecular flexibility index (Phi) is 5.57. The maximum absolute atomic E-state index is 10.0. The van der Waals surface area contributed by atoms with Crippen molar-refractivity contribution in [3.8, 4) is 0 Å². The van der Waals surface area contributed by atoms with Gasteiger partial charge in [-0.05, 0) is 32.1 Å². The Labute approximate surface area is 129 Å². The van der Waals surface area contributed by atoms with E-state index in [2.05, 4.69) is 45.9 Å². The molecular weight excluding hydrogens is 318 g/mol. The van der Waals surface area contributed by atoms with Crippen molar-refractivity contribution in [2.45, 2.75) is 24.6 Å². The van der Waals surface area contributed by atoms with Crippen LogP contribution in [0.4, 0.5) is 0 Å². The zero-order valence-corrected chi connectivity index (χ0v) is 13.8. The second kappa shape index (κ2) is 7.00. The summed E-state index contributed by atoms with van der Waals surface area (Å²) in [5, 5.41) is 10.0. The first-order valence-electron chi connectivity index (χ1n) is 7.06. The first-order chi connectivity index (χ1) is 9.52. The van der Waals surface area contributed by atoms with Crippen molar-refractivity contribution in [2.75, 3.05) is 33.7 Å². The van der Waals surface area contributed by atoms with E-state index in [0.29, 0.717) is 19.1 Å². The largest absolute Gasteiger partial charge is 0.392 e. The Hall–Kier alpha value is -0.460. The summed E-state index contributed by atoms with van der Waals surface area (Å²) >= 11 is 3.62. The van der Waals surface area contributed by atoms with Crippen LogP contribution in [-0.2, 0) is 0 Å². The summed E-state index contributed by atoms with van der Waals surface area (Å²) in [4.78, 5) is 4.52. The van der Waals surface area contributed by atoms with Crippen molar-refractivity contribution in [1.82, 2.24) is 9.80 Å². The van der Waals surface area contributed by atoms with Gasteiger partial charge in [0, 0.05) is 36.2 Å². The molecule has 1 heterocycles. The van der Waals surface area contributed by atoms with Crippen molar-refractivity contribution in [2.24, 2.45) is 5.73 Å². The fraction of sp³-hybridized carbons (Fsp3) is 0.600. The van der Waals surface area contributed by atoms with Crippen molar-refractivity contribution in [1.29, 1.82) is 0 Å². The number of hydrogen-bond donors (Lipinski definition) is 2. The van der Waals surface area contributed by atoms with Crippen LogP contribution in [0.25, 0.3) is 0 Å². The van der Waals surface area contributed by atoms with Crippen LogP contribution in [0.2, 0.25) is 0 Å². The number of nitrogens with zero attached hydrogens (tertiary/aromatic N) is 2. The molecule has 2 rings (SSSR count). The van der Waals surface area contributed by atoms with Gasteiger partial charge in [0.1, 0.15) is 0 Å². The third-order valence-corrected chi connectivity index (χ3v) is 4.62. The molecule has 1 fully saturated rings. The number of likely N-dealkylation sites (N-methyl/N-ethyl adjacent to an activating group) is 1. The van der Waals surface area contributed by atoms with Gasteiger partial charge in [0.15, 0.2) is 0 Å². The molecule has 0 radical (unpaired) electrons. The number of β-amino-alcohol motifs (C(OH)–C–C–N with tert-alkyl or cyclic N) is 1. The van der Waals surface area contributed by atoms with Crippen LogP contribution in [0.15, 0.2) is 28.7 Å². The van der Waals surface area contributed by atoms with Crippen molar-refractivity contribution < 1.29 is 5.11 Å². The van der Waals surface area contributed by atoms with E-state index in [0.717, 1.165) is 17.4 Å². The van der Waals surface area contributed by atoms with Crippen LogP contribution < -0.4 is 5.73 Å². The van der Waals surface area contributed by atoms with Crippen LogP contribution >= 0.6 is 15.9 Å². The fourth-order valence-electron chi connectivity index (χ4n) is 3.09. The minimum Gasteiger partial charge on any atom is -0.392 e. The molecule has 1 saturated heterocycles. The molecule has 0 bridgehead atoms. The van der Waals surface area contributed by atoms with E-state index < -0.39 is 0 Å². The van der Waals surface area contributed by atoms with Crippen molar-refractivity contribution in [3.63, 3.8) is 0 Å². The van der Waals surface area contributed by atoms with E-state index in [1.54, 1.807) is 0 Å². The lowest BCUT2D eigenvalue weighted by atomic mass is 10.0. The highest BCUT2D eigenvalue weighted by Crippen LogP contribution is 2.32. The van der Waals surface area contributed by atoms with E-state index in [-0.39, 0.29) is 12.1 Å². The third-order valence-electron chi connectivity index (χ3n) is 3.90. The Bertz CT molecular complexity index is 441. The quantitative estimate of drug-likeness (QED) is 0.850. The molecule has 3 N–H and O–H groups in total. The molecule has 3 atom stereocenters. The van der Waals surface area contributed by atoms with E-state index in [1.807, 2.05) is 18.2 Å². The standard InChI is InChI=1S/C15H24BrN3O/c1-18(2)9-11-7-12(20)10-19(11)15(8-17)13-5-3-4-6-14(13)16/h3-6,11-12,15,20H,7-10,17H2,1-2H3. The normalized spacial score (nSPS) is 25.3. The molecule has 0 spiro atoms. The van der Waals surface area contributed by atoms with Gasteiger partial charge in [0.05, 0.1) is 6.10 Å². The lowest BCUT2D eigenvalue weighted by Crippen LogP contribution is -2.42. The summed E-state index contributed by atoms with van der Waals surface area (Å²) in [6, 6.07) is 8.70. The number of rotatable bonds is 5. The predicted octanol–water partition coefficient (Wildman–Crippen LogP) is 1.45. The van der Waals surface area contributed by atoms with Gasteiger partial charge < -0.3 is 15.7 Å². The molecule has 0 saturated carbocycles. The number of benzene rings is 1. The monoisotopic (exact) mass is 341 g/mol. The summed E-state index contributed by atoms with van der Waals surface area (Å²) < 4.78 is 1.08. The Balaban J connectivity index is 2.23. The van der Waals surface area contributed by atoms with E-state index >= 15 is 0 Å². The van der Waals surface area contributed by atoms with Crippen LogP contribution in [0.5, 0.6) is 0 Å². The number of aliphatic hydroxyl groups excluding tert-OH is 1. The highest BCUT2D eigenvalue weighted by molar-refractivity contribution is 9.10. The molecule has 5 heteroatoms. The summed E-state index contributed by atoms with van der Waals surface area (Å²) in [6.07, 6.45) is 0.565. The number of likely N-dealkylation sites (tertiary alicyclic amines) is 1. The van der Waals surface area contributed by atoms with Gasteiger partial charge >= 0.3 is 0 Å². The minimum atomic E-state index is -0.253. The van der Waals surface area contributed by atoms with Gasteiger partial charge in [-0.2, -0.15) is 0 Å². The third kappa shape index (κ3) is 3.59. The highest BCUT2D eigenvalue weighted by atomic mass is 79.9. The van der Waals surface area contributed by atoms with Gasteiger partial charge in [-0.3, -0.25) is 4.90 Å². The second-order valence-electron chi connectivity index (χ2n) is 5.78. The van der Waals surface area contributed by atoms with Gasteiger partial charge in [-0.25, -0.2) is 0 Å². The van der Waals surface area contributed by atoms with Gasteiger partial charge in [0.25, 0.3) is 0 Å². The molecule has 112 valence electrons. The molecular formula is C15H24BrN3O. The smallest absolute Gasteiger partial charge is 0.0682 e. The van der Waals surface area contributed by atoms with Gasteiger partial charge in [0.2, 0.25) is 0 Å². The number of halogens is 1. The lowest BCUT2D eigenvalue weighted by Gasteiger charge is -2.34. The number of hydrogen-bond acceptors (Lipinski definition) is 4. The van der Waals surface area contributed by atoms with Crippen molar-refractivity contribution in [3.05, 3.63) is 34.3 Å². The van der Waals surface area contributed by atoms with Gasteiger partial charge in [-0.15, -0.1) is 0 Å². The Morgan fingerprint density at radius 1 is 1.45 bits per heavy atom. The summed E-state index contributed by atoms with van der Waals surface area (Å²) in [5.74, 6) is 0. The number of aliphatic hydroxyl groups is 1. The molecule has 3 unspecified atom stereocenters. The van der Waals surface area contributed by atoms with E-state index in [4.69, 9.17) is 5.73 Å². The number of nitrogens with two attached hydrogens (primary N) is 1. The van der Waals surface area contributed by atoms with Crippen LogP contribution in [0, 0.1) is 0 Å². The van der Waals surface area contributed by atoms with Crippen LogP contribution in [0.3, 0.4) is 0 Å². The molecule has 0 aromatic heterocycles. The molecule has 1 aliphatic rings. The lowest BCUT2D eigenvalue weighted by molar-refractivity contribution is 0.138. The Morgan fingerprint density at radius 3 is 2.75 bits per heavy atom. The molecule has 20 heavy (non-hydrogen) atoms. The molecule has 0 aliphatic carbocycles. The van der Waals surface area contributed by atoms with E-state index in [9.17, 15) is 5.11 Å². The maximum Gasteiger partial charge on any atom is 0.0682 e. The van der Waals surface area contributed by atoms with Crippen molar-refractivity contribution >= 4 is 15.9 Å². The first-order valence-corrected chi connectivity index (χ1v) is 7.85. The predicted molar refractivity (Wildman–Crippen MR) is 85.6 cm³/mol. The van der Waals surface area contributed by atoms with Crippen LogP contribution in [-0.4, -0.2) is 60.8 Å². The van der Waals surface area contributed by atoms with E-state index in [1.165, 1.54) is 5.56 Å². The fourth-order valence-corrected chi connectivity index (χ4v) is 3.63. The second-order valence-corrected chi connectivity index (χ2v) is 6.63. The topological polar surface area (TPSA) is 52.7 Å². The average Bonchev–Trinajstić information content (AvgIpc) is 2.73. The summed E-state index contributed by atoms with van der Waals surface area (Å²) in [5.41, 5.74) is 7.24. The van der Waals surface area contributed by atoms with Crippen LogP contribution in [0.1, 0.15) is 18.0 Å². The summed E-state index contributed by atoms with van der Waals surface area (Å²) in [6.45, 7) is 2.19. The highest BCUT2D eigenvalue weighted by Gasteiger charge is 2.36. The summed E-state index contributed by atoms with van der Waals surface area (Å²) in [7, 11) is 4.14.